The number of carbonyl (C=O) groups excluding carboxylic acids is 1. The van der Waals surface area contributed by atoms with Gasteiger partial charge in [0.1, 0.15) is 0 Å². The van der Waals surface area contributed by atoms with Crippen LogP contribution < -0.4 is 5.32 Å². The molecule has 0 saturated carbocycles. The minimum atomic E-state index is -0.0187. The highest BCUT2D eigenvalue weighted by Crippen LogP contribution is 2.03. The van der Waals surface area contributed by atoms with Crippen LogP contribution in [0.4, 0.5) is 4.79 Å². The molecule has 0 radical (unpaired) electrons. The van der Waals surface area contributed by atoms with Crippen LogP contribution in [0.3, 0.4) is 0 Å². The van der Waals surface area contributed by atoms with E-state index in [1.165, 1.54) is 0 Å². The van der Waals surface area contributed by atoms with Crippen LogP contribution in [0.5, 0.6) is 0 Å². The molecule has 1 fully saturated rings. The zero-order valence-electron chi connectivity index (χ0n) is 6.51. The summed E-state index contributed by atoms with van der Waals surface area (Å²) in [5.74, 6) is 0. The van der Waals surface area contributed by atoms with Crippen molar-refractivity contribution in [1.29, 1.82) is 0 Å². The highest BCUT2D eigenvalue weighted by atomic mass is 35.5. The minimum absolute atomic E-state index is 0.0187. The molecular formula is C6H12ClN3O. The molecule has 0 atom stereocenters. The van der Waals surface area contributed by atoms with Gasteiger partial charge in [0, 0.05) is 33.2 Å². The van der Waals surface area contributed by atoms with Gasteiger partial charge in [-0.2, -0.15) is 0 Å². The molecule has 0 spiro atoms. The molecular weight excluding hydrogens is 166 g/mol. The number of piperazine rings is 1. The Hall–Kier alpha value is -0.480. The van der Waals surface area contributed by atoms with Gasteiger partial charge >= 0.3 is 6.03 Å². The molecule has 1 N–H and O–H groups in total. The van der Waals surface area contributed by atoms with E-state index in [2.05, 4.69) is 5.32 Å². The van der Waals surface area contributed by atoms with Gasteiger partial charge in [-0.05, 0) is 11.8 Å². The van der Waals surface area contributed by atoms with Crippen molar-refractivity contribution in [2.45, 2.75) is 0 Å². The lowest BCUT2D eigenvalue weighted by Crippen LogP contribution is -2.48. The van der Waals surface area contributed by atoms with Gasteiger partial charge in [-0.15, -0.1) is 0 Å². The molecule has 1 aliphatic heterocycles. The van der Waals surface area contributed by atoms with Crippen LogP contribution in [0.1, 0.15) is 0 Å². The summed E-state index contributed by atoms with van der Waals surface area (Å²) < 4.78 is 1.69. The van der Waals surface area contributed by atoms with E-state index in [0.717, 1.165) is 13.1 Å². The Morgan fingerprint density at radius 3 is 2.36 bits per heavy atom. The first kappa shape index (κ1) is 8.62. The van der Waals surface area contributed by atoms with E-state index in [9.17, 15) is 4.79 Å². The summed E-state index contributed by atoms with van der Waals surface area (Å²) in [6.45, 7) is 2.91. The Balaban J connectivity index is 2.33. The number of nitrogens with one attached hydrogen (secondary N) is 1. The number of urea groups is 1. The predicted molar refractivity (Wildman–Crippen MR) is 43.5 cm³/mol. The van der Waals surface area contributed by atoms with Gasteiger partial charge in [-0.3, -0.25) is 0 Å². The molecule has 64 valence electrons. The van der Waals surface area contributed by atoms with Crippen molar-refractivity contribution in [3.8, 4) is 0 Å². The van der Waals surface area contributed by atoms with Gasteiger partial charge in [-0.25, -0.2) is 9.21 Å². The Kier molecular flexibility index (Phi) is 2.96. The van der Waals surface area contributed by atoms with Gasteiger partial charge < -0.3 is 10.2 Å². The van der Waals surface area contributed by atoms with Crippen molar-refractivity contribution >= 4 is 17.8 Å². The summed E-state index contributed by atoms with van der Waals surface area (Å²) in [4.78, 5) is 12.8. The average molecular weight is 178 g/mol. The number of hydrogen-bond donors (Lipinski definition) is 1. The van der Waals surface area contributed by atoms with E-state index in [4.69, 9.17) is 11.8 Å². The van der Waals surface area contributed by atoms with Gasteiger partial charge in [0.25, 0.3) is 0 Å². The maximum Gasteiger partial charge on any atom is 0.317 e. The molecule has 4 nitrogen and oxygen atoms in total. The van der Waals surface area contributed by atoms with Crippen molar-refractivity contribution in [1.82, 2.24) is 14.6 Å². The van der Waals surface area contributed by atoms with Crippen LogP contribution in [-0.4, -0.2) is 48.6 Å². The highest BCUT2D eigenvalue weighted by Gasteiger charge is 2.18. The first-order chi connectivity index (χ1) is 5.24. The molecule has 11 heavy (non-hydrogen) atoms. The quantitative estimate of drug-likeness (QED) is 0.533. The fraction of sp³-hybridized carbons (Fsp3) is 0.833. The van der Waals surface area contributed by atoms with Crippen molar-refractivity contribution in [2.24, 2.45) is 0 Å². The third-order valence-corrected chi connectivity index (χ3v) is 2.06. The molecule has 1 rings (SSSR count). The third-order valence-electron chi connectivity index (χ3n) is 1.73. The molecule has 0 aromatic heterocycles. The monoisotopic (exact) mass is 177 g/mol. The van der Waals surface area contributed by atoms with E-state index in [0.29, 0.717) is 13.1 Å². The Morgan fingerprint density at radius 2 is 1.91 bits per heavy atom. The zero-order chi connectivity index (χ0) is 8.27. The Morgan fingerprint density at radius 1 is 1.36 bits per heavy atom. The second-order valence-electron chi connectivity index (χ2n) is 2.45. The lowest BCUT2D eigenvalue weighted by Gasteiger charge is -2.30. The van der Waals surface area contributed by atoms with Crippen LogP contribution in [0.2, 0.25) is 0 Å². The zero-order valence-corrected chi connectivity index (χ0v) is 7.26. The lowest BCUT2D eigenvalue weighted by molar-refractivity contribution is 0.176. The summed E-state index contributed by atoms with van der Waals surface area (Å²) in [6.07, 6.45) is 0. The van der Waals surface area contributed by atoms with Gasteiger partial charge in [0.05, 0.1) is 0 Å². The highest BCUT2D eigenvalue weighted by molar-refractivity contribution is 6.13. The van der Waals surface area contributed by atoms with Crippen LogP contribution in [0.15, 0.2) is 0 Å². The second-order valence-corrected chi connectivity index (χ2v) is 2.93. The smallest absolute Gasteiger partial charge is 0.317 e. The predicted octanol–water partition coefficient (Wildman–Crippen LogP) is 0.0972. The molecule has 1 saturated heterocycles. The normalized spacial score (nSPS) is 20.0. The fourth-order valence-electron chi connectivity index (χ4n) is 1.04. The standard InChI is InChI=1S/C6H12ClN3O/c1-8-6(11)9-2-4-10(7)5-3-9/h2-5H2,1H3,(H,8,11). The van der Waals surface area contributed by atoms with Crippen LogP contribution in [0, 0.1) is 0 Å². The molecule has 5 heteroatoms. The van der Waals surface area contributed by atoms with Gasteiger partial charge in [0.2, 0.25) is 0 Å². The number of halogens is 1. The van der Waals surface area contributed by atoms with Gasteiger partial charge in [-0.1, -0.05) is 0 Å². The van der Waals surface area contributed by atoms with Crippen molar-refractivity contribution < 1.29 is 4.79 Å². The van der Waals surface area contributed by atoms with E-state index in [1.54, 1.807) is 16.4 Å². The summed E-state index contributed by atoms with van der Waals surface area (Å²) in [7, 11) is 1.63. The van der Waals surface area contributed by atoms with E-state index in [-0.39, 0.29) is 6.03 Å². The van der Waals surface area contributed by atoms with Crippen molar-refractivity contribution in [2.75, 3.05) is 33.2 Å². The lowest BCUT2D eigenvalue weighted by atomic mass is 10.4. The number of rotatable bonds is 0. The maximum absolute atomic E-state index is 11.0. The fourth-order valence-corrected chi connectivity index (χ4v) is 1.19. The number of nitrogens with zero attached hydrogens (tertiary/aromatic N) is 2. The average Bonchev–Trinajstić information content (AvgIpc) is 2.05. The Labute approximate surface area is 71.2 Å². The molecule has 0 unspecified atom stereocenters. The summed E-state index contributed by atoms with van der Waals surface area (Å²) in [6, 6.07) is -0.0187. The number of hydrogen-bond acceptors (Lipinski definition) is 2. The topological polar surface area (TPSA) is 35.6 Å². The molecule has 0 aromatic carbocycles. The van der Waals surface area contributed by atoms with Crippen LogP contribution >= 0.6 is 11.8 Å². The third kappa shape index (κ3) is 2.24. The van der Waals surface area contributed by atoms with Crippen LogP contribution in [0.25, 0.3) is 0 Å². The number of carbonyl (C=O) groups is 1. The molecule has 1 heterocycles. The maximum atomic E-state index is 11.0. The van der Waals surface area contributed by atoms with Crippen molar-refractivity contribution in [3.63, 3.8) is 0 Å². The molecule has 0 aliphatic carbocycles. The van der Waals surface area contributed by atoms with E-state index < -0.39 is 0 Å². The molecule has 0 aromatic rings. The Bertz CT molecular complexity index is 145. The largest absolute Gasteiger partial charge is 0.341 e. The molecule has 2 amide bonds. The molecule has 1 aliphatic rings. The SMILES string of the molecule is CNC(=O)N1CCN(Cl)CC1. The van der Waals surface area contributed by atoms with Crippen molar-refractivity contribution in [3.05, 3.63) is 0 Å². The summed E-state index contributed by atoms with van der Waals surface area (Å²) in [5, 5.41) is 2.57. The second kappa shape index (κ2) is 3.78. The van der Waals surface area contributed by atoms with E-state index in [1.807, 2.05) is 0 Å². The van der Waals surface area contributed by atoms with Crippen LogP contribution in [-0.2, 0) is 0 Å². The van der Waals surface area contributed by atoms with E-state index >= 15 is 0 Å². The first-order valence-corrected chi connectivity index (χ1v) is 3.95. The van der Waals surface area contributed by atoms with Gasteiger partial charge in [0.15, 0.2) is 0 Å². The minimum Gasteiger partial charge on any atom is -0.341 e. The number of amides is 2. The molecule has 0 bridgehead atoms. The summed E-state index contributed by atoms with van der Waals surface area (Å²) in [5.41, 5.74) is 0. The first-order valence-electron chi connectivity index (χ1n) is 3.61. The summed E-state index contributed by atoms with van der Waals surface area (Å²) >= 11 is 5.70.